The first-order chi connectivity index (χ1) is 7.91. The van der Waals surface area contributed by atoms with Gasteiger partial charge >= 0.3 is 0 Å². The molecule has 1 aliphatic rings. The number of carbonyl (C=O) groups excluding carboxylic acids is 2. The van der Waals surface area contributed by atoms with Gasteiger partial charge in [0.2, 0.25) is 5.91 Å². The number of likely N-dealkylation sites (N-methyl/N-ethyl adjacent to an activating group) is 2. The molecule has 0 saturated heterocycles. The fourth-order valence-corrected chi connectivity index (χ4v) is 2.11. The van der Waals surface area contributed by atoms with E-state index in [1.807, 2.05) is 27.9 Å². The van der Waals surface area contributed by atoms with E-state index < -0.39 is 0 Å². The number of carbonyl (C=O) groups is 2. The number of rotatable bonds is 4. The van der Waals surface area contributed by atoms with Crippen LogP contribution < -0.4 is 0 Å². The van der Waals surface area contributed by atoms with E-state index in [1.165, 1.54) is 0 Å². The predicted octanol–water partition coefficient (Wildman–Crippen LogP) is 1.30. The molecule has 1 fully saturated rings. The Kier molecular flexibility index (Phi) is 5.12. The van der Waals surface area contributed by atoms with Crippen molar-refractivity contribution in [3.63, 3.8) is 0 Å². The Labute approximate surface area is 104 Å². The molecule has 1 aliphatic carbocycles. The fraction of sp³-hybridized carbons (Fsp3) is 0.846. The molecule has 0 radical (unpaired) electrons. The van der Waals surface area contributed by atoms with Crippen LogP contribution in [0.2, 0.25) is 0 Å². The molecule has 0 heterocycles. The van der Waals surface area contributed by atoms with Crippen LogP contribution in [0.1, 0.15) is 39.5 Å². The second kappa shape index (κ2) is 6.15. The van der Waals surface area contributed by atoms with Crippen molar-refractivity contribution in [2.45, 2.75) is 51.6 Å². The minimum absolute atomic E-state index is 0.152. The van der Waals surface area contributed by atoms with Crippen molar-refractivity contribution in [1.82, 2.24) is 9.80 Å². The van der Waals surface area contributed by atoms with Crippen molar-refractivity contribution in [1.29, 1.82) is 0 Å². The Morgan fingerprint density at radius 3 is 2.29 bits per heavy atom. The highest BCUT2D eigenvalue weighted by molar-refractivity contribution is 5.79. The maximum Gasteiger partial charge on any atom is 0.236 e. The lowest BCUT2D eigenvalue weighted by atomic mass is 9.93. The summed E-state index contributed by atoms with van der Waals surface area (Å²) in [5.41, 5.74) is 0. The number of ketones is 1. The topological polar surface area (TPSA) is 40.6 Å². The quantitative estimate of drug-likeness (QED) is 0.743. The third kappa shape index (κ3) is 4.11. The lowest BCUT2D eigenvalue weighted by Gasteiger charge is -2.32. The van der Waals surface area contributed by atoms with Crippen molar-refractivity contribution < 1.29 is 9.59 Å². The van der Waals surface area contributed by atoms with E-state index in [1.54, 1.807) is 4.90 Å². The minimum Gasteiger partial charge on any atom is -0.342 e. The van der Waals surface area contributed by atoms with Gasteiger partial charge in [0.25, 0.3) is 0 Å². The van der Waals surface area contributed by atoms with Gasteiger partial charge in [-0.15, -0.1) is 0 Å². The van der Waals surface area contributed by atoms with E-state index in [2.05, 4.69) is 4.90 Å². The van der Waals surface area contributed by atoms with Gasteiger partial charge in [0, 0.05) is 32.0 Å². The molecule has 0 aromatic rings. The Morgan fingerprint density at radius 2 is 1.82 bits per heavy atom. The second-order valence-electron chi connectivity index (χ2n) is 5.28. The van der Waals surface area contributed by atoms with Gasteiger partial charge in [-0.3, -0.25) is 14.5 Å². The third-order valence-electron chi connectivity index (χ3n) is 3.69. The van der Waals surface area contributed by atoms with Crippen molar-refractivity contribution >= 4 is 11.7 Å². The van der Waals surface area contributed by atoms with Crippen molar-refractivity contribution in [3.8, 4) is 0 Å². The van der Waals surface area contributed by atoms with Crippen LogP contribution in [0.4, 0.5) is 0 Å². The van der Waals surface area contributed by atoms with Gasteiger partial charge in [-0.2, -0.15) is 0 Å². The van der Waals surface area contributed by atoms with Gasteiger partial charge in [-0.05, 0) is 33.7 Å². The normalized spacial score (nSPS) is 17.9. The van der Waals surface area contributed by atoms with E-state index in [0.717, 1.165) is 12.8 Å². The van der Waals surface area contributed by atoms with Crippen molar-refractivity contribution in [3.05, 3.63) is 0 Å². The van der Waals surface area contributed by atoms with Crippen LogP contribution >= 0.6 is 0 Å². The zero-order valence-corrected chi connectivity index (χ0v) is 11.4. The van der Waals surface area contributed by atoms with Crippen LogP contribution in [0.5, 0.6) is 0 Å². The molecule has 4 nitrogen and oxygen atoms in total. The van der Waals surface area contributed by atoms with Crippen LogP contribution in [0.15, 0.2) is 0 Å². The standard InChI is InChI=1S/C13H24N2O2/c1-10(2)15(4)13(17)9-14(3)11-5-7-12(16)8-6-11/h10-11H,5-9H2,1-4H3. The molecule has 0 aromatic carbocycles. The average Bonchev–Trinajstić information content (AvgIpc) is 2.28. The van der Waals surface area contributed by atoms with Gasteiger partial charge in [0.05, 0.1) is 6.54 Å². The zero-order valence-electron chi connectivity index (χ0n) is 11.4. The monoisotopic (exact) mass is 240 g/mol. The second-order valence-corrected chi connectivity index (χ2v) is 5.28. The fourth-order valence-electron chi connectivity index (χ4n) is 2.11. The van der Waals surface area contributed by atoms with Crippen LogP contribution in [-0.4, -0.2) is 54.2 Å². The number of hydrogen-bond donors (Lipinski definition) is 0. The third-order valence-corrected chi connectivity index (χ3v) is 3.69. The molecular formula is C13H24N2O2. The van der Waals surface area contributed by atoms with Crippen LogP contribution in [0.3, 0.4) is 0 Å². The molecule has 17 heavy (non-hydrogen) atoms. The van der Waals surface area contributed by atoms with Crippen LogP contribution in [-0.2, 0) is 9.59 Å². The summed E-state index contributed by atoms with van der Waals surface area (Å²) in [5, 5.41) is 0. The molecule has 4 heteroatoms. The van der Waals surface area contributed by atoms with Crippen LogP contribution in [0.25, 0.3) is 0 Å². The Morgan fingerprint density at radius 1 is 1.29 bits per heavy atom. The van der Waals surface area contributed by atoms with Crippen molar-refractivity contribution in [2.24, 2.45) is 0 Å². The first-order valence-electron chi connectivity index (χ1n) is 6.39. The zero-order chi connectivity index (χ0) is 13.0. The van der Waals surface area contributed by atoms with E-state index >= 15 is 0 Å². The molecule has 1 saturated carbocycles. The Balaban J connectivity index is 2.41. The highest BCUT2D eigenvalue weighted by Gasteiger charge is 2.24. The molecule has 1 amide bonds. The summed E-state index contributed by atoms with van der Waals surface area (Å²) in [6.07, 6.45) is 3.13. The summed E-state index contributed by atoms with van der Waals surface area (Å²) < 4.78 is 0. The summed E-state index contributed by atoms with van der Waals surface area (Å²) in [4.78, 5) is 26.9. The van der Waals surface area contributed by atoms with Crippen molar-refractivity contribution in [2.75, 3.05) is 20.6 Å². The number of amides is 1. The number of hydrogen-bond acceptors (Lipinski definition) is 3. The summed E-state index contributed by atoms with van der Waals surface area (Å²) in [5.74, 6) is 0.514. The average molecular weight is 240 g/mol. The summed E-state index contributed by atoms with van der Waals surface area (Å²) in [6, 6.07) is 0.626. The number of Topliss-reactive ketones (excluding diaryl/α,β-unsaturated/α-hetero) is 1. The van der Waals surface area contributed by atoms with Crippen LogP contribution in [0, 0.1) is 0 Å². The smallest absolute Gasteiger partial charge is 0.236 e. The predicted molar refractivity (Wildman–Crippen MR) is 67.8 cm³/mol. The summed E-state index contributed by atoms with van der Waals surface area (Å²) in [7, 11) is 3.82. The van der Waals surface area contributed by atoms with E-state index in [0.29, 0.717) is 31.2 Å². The molecule has 0 atom stereocenters. The number of nitrogens with zero attached hydrogens (tertiary/aromatic N) is 2. The molecule has 98 valence electrons. The largest absolute Gasteiger partial charge is 0.342 e. The van der Waals surface area contributed by atoms with Gasteiger partial charge in [-0.25, -0.2) is 0 Å². The Hall–Kier alpha value is -0.900. The minimum atomic E-state index is 0.152. The van der Waals surface area contributed by atoms with E-state index in [9.17, 15) is 9.59 Å². The first-order valence-corrected chi connectivity index (χ1v) is 6.39. The van der Waals surface area contributed by atoms with Gasteiger partial charge < -0.3 is 4.90 Å². The first kappa shape index (κ1) is 14.2. The van der Waals surface area contributed by atoms with E-state index in [-0.39, 0.29) is 11.9 Å². The maximum atomic E-state index is 11.9. The molecule has 0 aromatic heterocycles. The SMILES string of the molecule is CC(C)N(C)C(=O)CN(C)C1CCC(=O)CC1. The van der Waals surface area contributed by atoms with Gasteiger partial charge in [0.15, 0.2) is 0 Å². The Bertz CT molecular complexity index is 279. The summed E-state index contributed by atoms with van der Waals surface area (Å²) in [6.45, 7) is 4.47. The van der Waals surface area contributed by atoms with Gasteiger partial charge in [0.1, 0.15) is 5.78 Å². The molecule has 0 aliphatic heterocycles. The molecular weight excluding hydrogens is 216 g/mol. The maximum absolute atomic E-state index is 11.9. The van der Waals surface area contributed by atoms with Gasteiger partial charge in [-0.1, -0.05) is 0 Å². The molecule has 0 N–H and O–H groups in total. The lowest BCUT2D eigenvalue weighted by Crippen LogP contribution is -2.44. The lowest BCUT2D eigenvalue weighted by molar-refractivity contribution is -0.133. The molecule has 0 bridgehead atoms. The molecule has 1 rings (SSSR count). The summed E-state index contributed by atoms with van der Waals surface area (Å²) >= 11 is 0. The highest BCUT2D eigenvalue weighted by atomic mass is 16.2. The molecule has 0 spiro atoms. The molecule has 0 unspecified atom stereocenters. The highest BCUT2D eigenvalue weighted by Crippen LogP contribution is 2.19. The van der Waals surface area contributed by atoms with E-state index in [4.69, 9.17) is 0 Å².